The number of anilines is 1. The Kier molecular flexibility index (Phi) is 6.89. The topological polar surface area (TPSA) is 96.9 Å². The fourth-order valence-corrected chi connectivity index (χ4v) is 4.62. The number of nitrogens with zero attached hydrogens (tertiary/aromatic N) is 1. The Morgan fingerprint density at radius 2 is 2.03 bits per heavy atom. The van der Waals surface area contributed by atoms with Gasteiger partial charge >= 0.3 is 17.8 Å². The number of esters is 1. The molecule has 7 nitrogen and oxygen atoms in total. The highest BCUT2D eigenvalue weighted by Crippen LogP contribution is 2.39. The van der Waals surface area contributed by atoms with Gasteiger partial charge in [0.2, 0.25) is 0 Å². The summed E-state index contributed by atoms with van der Waals surface area (Å²) in [6.45, 7) is 1.93. The van der Waals surface area contributed by atoms with Crippen molar-refractivity contribution in [3.05, 3.63) is 49.8 Å². The van der Waals surface area contributed by atoms with Crippen LogP contribution < -0.4 is 10.7 Å². The van der Waals surface area contributed by atoms with Crippen LogP contribution in [0.25, 0.3) is 0 Å². The second-order valence-electron chi connectivity index (χ2n) is 6.10. The lowest BCUT2D eigenvalue weighted by molar-refractivity contribution is -0.136. The van der Waals surface area contributed by atoms with Crippen LogP contribution in [-0.2, 0) is 27.2 Å². The van der Waals surface area contributed by atoms with Crippen molar-refractivity contribution in [2.24, 2.45) is 5.10 Å². The summed E-state index contributed by atoms with van der Waals surface area (Å²) in [5, 5.41) is 7.37. The van der Waals surface area contributed by atoms with Crippen LogP contribution in [-0.4, -0.2) is 30.6 Å². The maximum Gasteiger partial charge on any atom is 0.341 e. The van der Waals surface area contributed by atoms with Gasteiger partial charge in [-0.05, 0) is 43.9 Å². The predicted octanol–water partition coefficient (Wildman–Crippen LogP) is 3.81. The molecule has 3 rings (SSSR count). The average molecular weight is 454 g/mol. The van der Waals surface area contributed by atoms with Crippen molar-refractivity contribution in [2.75, 3.05) is 11.9 Å². The number of carbonyl (C=O) groups is 3. The molecule has 1 aromatic heterocycles. The summed E-state index contributed by atoms with van der Waals surface area (Å²) in [7, 11) is 0. The molecule has 29 heavy (non-hydrogen) atoms. The van der Waals surface area contributed by atoms with Crippen LogP contribution in [0.3, 0.4) is 0 Å². The number of rotatable bonds is 5. The first kappa shape index (κ1) is 21.3. The van der Waals surface area contributed by atoms with Crippen molar-refractivity contribution >= 4 is 63.5 Å². The molecule has 2 amide bonds. The van der Waals surface area contributed by atoms with Crippen LogP contribution in [0.15, 0.2) is 23.3 Å². The Bertz CT molecular complexity index is 1000. The molecule has 0 aliphatic heterocycles. The smallest absolute Gasteiger partial charge is 0.341 e. The lowest BCUT2D eigenvalue weighted by Crippen LogP contribution is -2.32. The van der Waals surface area contributed by atoms with E-state index >= 15 is 0 Å². The van der Waals surface area contributed by atoms with E-state index in [9.17, 15) is 14.4 Å². The van der Waals surface area contributed by atoms with Gasteiger partial charge in [0.25, 0.3) is 0 Å². The zero-order valence-corrected chi connectivity index (χ0v) is 17.7. The Balaban J connectivity index is 1.68. The van der Waals surface area contributed by atoms with E-state index < -0.39 is 17.8 Å². The third-order valence-corrected chi connectivity index (χ3v) is 5.94. The number of aryl methyl sites for hydroxylation is 1. The highest BCUT2D eigenvalue weighted by Gasteiger charge is 2.29. The van der Waals surface area contributed by atoms with Gasteiger partial charge in [0, 0.05) is 15.5 Å². The lowest BCUT2D eigenvalue weighted by atomic mass is 10.1. The van der Waals surface area contributed by atoms with Crippen molar-refractivity contribution in [3.8, 4) is 0 Å². The molecule has 0 unspecified atom stereocenters. The average Bonchev–Trinajstić information content (AvgIpc) is 3.24. The van der Waals surface area contributed by atoms with Gasteiger partial charge in [-0.25, -0.2) is 10.2 Å². The lowest BCUT2D eigenvalue weighted by Gasteiger charge is -2.07. The predicted molar refractivity (Wildman–Crippen MR) is 113 cm³/mol. The molecule has 2 N–H and O–H groups in total. The summed E-state index contributed by atoms with van der Waals surface area (Å²) in [4.78, 5) is 37.6. The monoisotopic (exact) mass is 453 g/mol. The van der Waals surface area contributed by atoms with Crippen LogP contribution in [0.2, 0.25) is 10.0 Å². The van der Waals surface area contributed by atoms with E-state index in [4.69, 9.17) is 27.9 Å². The van der Waals surface area contributed by atoms with E-state index in [1.165, 1.54) is 23.6 Å². The maximum atomic E-state index is 12.3. The zero-order valence-electron chi connectivity index (χ0n) is 15.4. The molecule has 1 heterocycles. The Labute approximate surface area is 181 Å². The van der Waals surface area contributed by atoms with Crippen LogP contribution in [0, 0.1) is 0 Å². The highest BCUT2D eigenvalue weighted by atomic mass is 35.5. The number of fused-ring (bicyclic) bond motifs is 1. The van der Waals surface area contributed by atoms with Crippen molar-refractivity contribution < 1.29 is 19.1 Å². The molecular formula is C19H17Cl2N3O4S. The SMILES string of the molecule is CCOC(=O)c1c(NC(=O)C(=O)N/N=C/c2ccc(Cl)cc2Cl)sc2c1CCC2. The number of ether oxygens (including phenoxy) is 1. The normalized spacial score (nSPS) is 12.7. The second kappa shape index (κ2) is 9.39. The summed E-state index contributed by atoms with van der Waals surface area (Å²) < 4.78 is 5.10. The van der Waals surface area contributed by atoms with E-state index in [0.717, 1.165) is 29.7 Å². The molecule has 0 bridgehead atoms. The molecule has 0 radical (unpaired) electrons. The minimum Gasteiger partial charge on any atom is -0.462 e. The highest BCUT2D eigenvalue weighted by molar-refractivity contribution is 7.17. The summed E-state index contributed by atoms with van der Waals surface area (Å²) in [6.07, 6.45) is 3.83. The molecular weight excluding hydrogens is 437 g/mol. The number of hydrazone groups is 1. The largest absolute Gasteiger partial charge is 0.462 e. The van der Waals surface area contributed by atoms with Crippen LogP contribution in [0.1, 0.15) is 39.7 Å². The standard InChI is InChI=1S/C19H17Cl2N3O4S/c1-2-28-19(27)15-12-4-3-5-14(12)29-18(15)23-16(25)17(26)24-22-9-10-6-7-11(20)8-13(10)21/h6-9H,2-5H2,1H3,(H,23,25)(H,24,26)/b22-9+. The van der Waals surface area contributed by atoms with E-state index in [2.05, 4.69) is 15.8 Å². The van der Waals surface area contributed by atoms with E-state index in [1.807, 2.05) is 0 Å². The van der Waals surface area contributed by atoms with E-state index in [1.54, 1.807) is 19.1 Å². The Morgan fingerprint density at radius 1 is 1.24 bits per heavy atom. The number of hydrogen-bond donors (Lipinski definition) is 2. The summed E-state index contributed by atoms with van der Waals surface area (Å²) in [5.74, 6) is -2.41. The first-order valence-corrected chi connectivity index (χ1v) is 10.4. The van der Waals surface area contributed by atoms with Gasteiger partial charge in [-0.15, -0.1) is 11.3 Å². The van der Waals surface area contributed by atoms with E-state index in [-0.39, 0.29) is 6.61 Å². The summed E-state index contributed by atoms with van der Waals surface area (Å²) in [5.41, 5.74) is 3.88. The Morgan fingerprint density at radius 3 is 2.76 bits per heavy atom. The van der Waals surface area contributed by atoms with Crippen LogP contribution >= 0.6 is 34.5 Å². The van der Waals surface area contributed by atoms with Crippen molar-refractivity contribution in [3.63, 3.8) is 0 Å². The molecule has 0 fully saturated rings. The molecule has 2 aromatic rings. The Hall–Kier alpha value is -2.42. The first-order chi connectivity index (χ1) is 13.9. The molecule has 1 aromatic carbocycles. The minimum absolute atomic E-state index is 0.222. The second-order valence-corrected chi connectivity index (χ2v) is 8.05. The van der Waals surface area contributed by atoms with Gasteiger partial charge in [-0.3, -0.25) is 9.59 Å². The molecule has 152 valence electrons. The number of amides is 2. The fraction of sp³-hybridized carbons (Fsp3) is 0.263. The van der Waals surface area contributed by atoms with Crippen molar-refractivity contribution in [1.29, 1.82) is 0 Å². The third-order valence-electron chi connectivity index (χ3n) is 4.17. The van der Waals surface area contributed by atoms with Gasteiger partial charge < -0.3 is 10.1 Å². The van der Waals surface area contributed by atoms with Crippen molar-refractivity contribution in [2.45, 2.75) is 26.2 Å². The number of halogens is 2. The number of hydrogen-bond acceptors (Lipinski definition) is 6. The maximum absolute atomic E-state index is 12.3. The van der Waals surface area contributed by atoms with Crippen molar-refractivity contribution in [1.82, 2.24) is 5.43 Å². The van der Waals surface area contributed by atoms with Gasteiger partial charge in [0.05, 0.1) is 23.4 Å². The molecule has 1 aliphatic carbocycles. The van der Waals surface area contributed by atoms with Gasteiger partial charge in [0.15, 0.2) is 0 Å². The number of carbonyl (C=O) groups excluding carboxylic acids is 3. The minimum atomic E-state index is -0.977. The molecule has 0 saturated heterocycles. The third kappa shape index (κ3) is 4.95. The first-order valence-electron chi connectivity index (χ1n) is 8.81. The molecule has 10 heteroatoms. The number of nitrogens with one attached hydrogen (secondary N) is 2. The van der Waals surface area contributed by atoms with Gasteiger partial charge in [-0.2, -0.15) is 5.10 Å². The molecule has 0 atom stereocenters. The number of thiophene rings is 1. The molecule has 0 saturated carbocycles. The fourth-order valence-electron chi connectivity index (χ4n) is 2.89. The molecule has 0 spiro atoms. The van der Waals surface area contributed by atoms with Gasteiger partial charge in [0.1, 0.15) is 5.00 Å². The summed E-state index contributed by atoms with van der Waals surface area (Å²) >= 11 is 13.1. The van der Waals surface area contributed by atoms with Crippen LogP contribution in [0.4, 0.5) is 5.00 Å². The van der Waals surface area contributed by atoms with Crippen LogP contribution in [0.5, 0.6) is 0 Å². The summed E-state index contributed by atoms with van der Waals surface area (Å²) in [6, 6.07) is 4.78. The van der Waals surface area contributed by atoms with E-state index in [0.29, 0.717) is 26.2 Å². The number of benzene rings is 1. The van der Waals surface area contributed by atoms with Gasteiger partial charge in [-0.1, -0.05) is 29.3 Å². The quantitative estimate of drug-likeness (QED) is 0.311. The molecule has 1 aliphatic rings. The zero-order chi connectivity index (χ0) is 21.0.